The van der Waals surface area contributed by atoms with Gasteiger partial charge in [0.25, 0.3) is 0 Å². The number of hydrogen-bond donors (Lipinski definition) is 2. The van der Waals surface area contributed by atoms with Gasteiger partial charge in [0.1, 0.15) is 23.7 Å². The van der Waals surface area contributed by atoms with E-state index in [1.807, 2.05) is 30.3 Å². The molecule has 0 aliphatic heterocycles. The molecule has 1 aromatic heterocycles. The summed E-state index contributed by atoms with van der Waals surface area (Å²) in [5, 5.41) is 10.3. The molecule has 0 bridgehead atoms. The Morgan fingerprint density at radius 2 is 1.82 bits per heavy atom. The zero-order valence-corrected chi connectivity index (χ0v) is 19.1. The number of para-hydroxylation sites is 1. The first-order valence-electron chi connectivity index (χ1n) is 11.9. The summed E-state index contributed by atoms with van der Waals surface area (Å²) in [4.78, 5) is 11.2. The average Bonchev–Trinajstić information content (AvgIpc) is 3.53. The van der Waals surface area contributed by atoms with Crippen LogP contribution in [0, 0.1) is 0 Å². The number of nitrogens with two attached hydrogens (primary N) is 1. The number of benzene rings is 3. The van der Waals surface area contributed by atoms with Crippen molar-refractivity contribution >= 4 is 16.9 Å². The van der Waals surface area contributed by atoms with Crippen molar-refractivity contribution < 1.29 is 19.1 Å². The van der Waals surface area contributed by atoms with E-state index in [0.29, 0.717) is 30.4 Å². The molecule has 1 heterocycles. The highest BCUT2D eigenvalue weighted by Crippen LogP contribution is 2.40. The average molecular weight is 456 g/mol. The van der Waals surface area contributed by atoms with Gasteiger partial charge in [-0.1, -0.05) is 49.2 Å². The van der Waals surface area contributed by atoms with Crippen LogP contribution in [0.3, 0.4) is 0 Å². The van der Waals surface area contributed by atoms with Crippen LogP contribution in [0.15, 0.2) is 71.1 Å². The first-order valence-corrected chi connectivity index (χ1v) is 11.9. The second-order valence-corrected chi connectivity index (χ2v) is 9.06. The quantitative estimate of drug-likeness (QED) is 0.320. The SMILES string of the molecule is NCc1cccc(-c2cc(COc3ccccc3CC(=O)O)cc3cc(C4CCCC4)oc23)c1. The molecule has 0 unspecified atom stereocenters. The Morgan fingerprint density at radius 1 is 1.00 bits per heavy atom. The summed E-state index contributed by atoms with van der Waals surface area (Å²) in [6.07, 6.45) is 4.78. The maximum atomic E-state index is 11.2. The molecule has 1 aliphatic carbocycles. The molecular weight excluding hydrogens is 426 g/mol. The van der Waals surface area contributed by atoms with Crippen molar-refractivity contribution in [2.75, 3.05) is 0 Å². The fourth-order valence-corrected chi connectivity index (χ4v) is 4.92. The molecule has 174 valence electrons. The summed E-state index contributed by atoms with van der Waals surface area (Å²) in [7, 11) is 0. The van der Waals surface area contributed by atoms with E-state index >= 15 is 0 Å². The van der Waals surface area contributed by atoms with Gasteiger partial charge in [0.05, 0.1) is 6.42 Å². The predicted molar refractivity (Wildman–Crippen MR) is 133 cm³/mol. The number of fused-ring (bicyclic) bond motifs is 1. The van der Waals surface area contributed by atoms with Crippen molar-refractivity contribution in [3.63, 3.8) is 0 Å². The van der Waals surface area contributed by atoms with Gasteiger partial charge in [-0.3, -0.25) is 4.79 Å². The van der Waals surface area contributed by atoms with Gasteiger partial charge in [-0.05, 0) is 59.9 Å². The van der Waals surface area contributed by atoms with Crippen molar-refractivity contribution in [1.82, 2.24) is 0 Å². The number of ether oxygens (including phenoxy) is 1. The van der Waals surface area contributed by atoms with E-state index in [1.54, 1.807) is 6.07 Å². The Hall–Kier alpha value is -3.57. The molecule has 0 saturated heterocycles. The van der Waals surface area contributed by atoms with Gasteiger partial charge in [-0.25, -0.2) is 0 Å². The van der Waals surface area contributed by atoms with E-state index < -0.39 is 5.97 Å². The minimum absolute atomic E-state index is 0.0706. The van der Waals surface area contributed by atoms with Gasteiger partial charge in [0.2, 0.25) is 0 Å². The normalized spacial score (nSPS) is 14.0. The predicted octanol–water partition coefficient (Wildman–Crippen LogP) is 6.42. The molecule has 34 heavy (non-hydrogen) atoms. The van der Waals surface area contributed by atoms with Crippen LogP contribution in [0.1, 0.15) is 54.1 Å². The fourth-order valence-electron chi connectivity index (χ4n) is 4.92. The highest BCUT2D eigenvalue weighted by molar-refractivity contribution is 5.93. The van der Waals surface area contributed by atoms with Gasteiger partial charge in [0.15, 0.2) is 0 Å². The van der Waals surface area contributed by atoms with Crippen LogP contribution in [-0.2, 0) is 24.4 Å². The summed E-state index contributed by atoms with van der Waals surface area (Å²) < 4.78 is 12.6. The number of hydrogen-bond acceptors (Lipinski definition) is 4. The molecule has 1 saturated carbocycles. The van der Waals surface area contributed by atoms with Crippen LogP contribution in [0.25, 0.3) is 22.1 Å². The maximum absolute atomic E-state index is 11.2. The van der Waals surface area contributed by atoms with Crippen molar-refractivity contribution in [3.8, 4) is 16.9 Å². The Morgan fingerprint density at radius 3 is 2.62 bits per heavy atom. The molecular formula is C29H29NO4. The van der Waals surface area contributed by atoms with E-state index in [0.717, 1.165) is 39.0 Å². The lowest BCUT2D eigenvalue weighted by Gasteiger charge is -2.12. The summed E-state index contributed by atoms with van der Waals surface area (Å²) in [6.45, 7) is 0.811. The third-order valence-corrected chi connectivity index (χ3v) is 6.63. The summed E-state index contributed by atoms with van der Waals surface area (Å²) in [6, 6.07) is 22.0. The lowest BCUT2D eigenvalue weighted by Crippen LogP contribution is -2.04. The molecule has 3 aromatic carbocycles. The van der Waals surface area contributed by atoms with Gasteiger partial charge in [-0.2, -0.15) is 0 Å². The molecule has 0 spiro atoms. The topological polar surface area (TPSA) is 85.7 Å². The van der Waals surface area contributed by atoms with Crippen LogP contribution in [0.5, 0.6) is 5.75 Å². The van der Waals surface area contributed by atoms with Crippen molar-refractivity contribution in [1.29, 1.82) is 0 Å². The summed E-state index contributed by atoms with van der Waals surface area (Å²) >= 11 is 0. The van der Waals surface area contributed by atoms with Crippen LogP contribution >= 0.6 is 0 Å². The number of furan rings is 1. The number of carbonyl (C=O) groups is 1. The number of carboxylic acid groups (broad SMARTS) is 1. The Balaban J connectivity index is 1.53. The van der Waals surface area contributed by atoms with Crippen LogP contribution < -0.4 is 10.5 Å². The minimum atomic E-state index is -0.877. The zero-order chi connectivity index (χ0) is 23.5. The van der Waals surface area contributed by atoms with Gasteiger partial charge in [-0.15, -0.1) is 0 Å². The lowest BCUT2D eigenvalue weighted by molar-refractivity contribution is -0.136. The number of rotatable bonds is 8. The standard InChI is InChI=1S/C29H29NO4/c30-17-19-6-5-10-22(12-19)25-14-20(18-33-26-11-4-3-9-23(26)16-28(31)32)13-24-15-27(34-29(24)25)21-7-1-2-8-21/h3-6,9-15,21H,1-2,7-8,16-18,30H2,(H,31,32). The first kappa shape index (κ1) is 22.2. The largest absolute Gasteiger partial charge is 0.489 e. The van der Waals surface area contributed by atoms with E-state index in [-0.39, 0.29) is 6.42 Å². The molecule has 0 amide bonds. The summed E-state index contributed by atoms with van der Waals surface area (Å²) in [5.74, 6) is 1.26. The second-order valence-electron chi connectivity index (χ2n) is 9.06. The minimum Gasteiger partial charge on any atom is -0.489 e. The van der Waals surface area contributed by atoms with E-state index in [2.05, 4.69) is 30.3 Å². The number of carboxylic acids is 1. The van der Waals surface area contributed by atoms with Crippen LogP contribution in [0.4, 0.5) is 0 Å². The van der Waals surface area contributed by atoms with Gasteiger partial charge in [0, 0.05) is 29.0 Å². The highest BCUT2D eigenvalue weighted by Gasteiger charge is 2.22. The molecule has 0 radical (unpaired) electrons. The Bertz CT molecular complexity index is 1320. The lowest BCUT2D eigenvalue weighted by atomic mass is 9.98. The van der Waals surface area contributed by atoms with E-state index in [4.69, 9.17) is 14.9 Å². The zero-order valence-electron chi connectivity index (χ0n) is 19.1. The Labute approximate surface area is 199 Å². The summed E-state index contributed by atoms with van der Waals surface area (Å²) in [5.41, 5.74) is 11.6. The molecule has 0 atom stereocenters. The molecule has 3 N–H and O–H groups in total. The first-order chi connectivity index (χ1) is 16.6. The van der Waals surface area contributed by atoms with Crippen molar-refractivity contribution in [2.24, 2.45) is 5.73 Å². The van der Waals surface area contributed by atoms with E-state index in [1.165, 1.54) is 25.7 Å². The molecule has 1 fully saturated rings. The third kappa shape index (κ3) is 4.70. The monoisotopic (exact) mass is 455 g/mol. The van der Waals surface area contributed by atoms with Crippen LogP contribution in [0.2, 0.25) is 0 Å². The van der Waals surface area contributed by atoms with Gasteiger partial charge >= 0.3 is 5.97 Å². The van der Waals surface area contributed by atoms with Gasteiger partial charge < -0.3 is 20.0 Å². The van der Waals surface area contributed by atoms with E-state index in [9.17, 15) is 9.90 Å². The maximum Gasteiger partial charge on any atom is 0.307 e. The molecule has 4 aromatic rings. The highest BCUT2D eigenvalue weighted by atomic mass is 16.5. The number of aliphatic carboxylic acids is 1. The second kappa shape index (κ2) is 9.74. The molecule has 5 rings (SSSR count). The Kier molecular flexibility index (Phi) is 6.37. The third-order valence-electron chi connectivity index (χ3n) is 6.63. The molecule has 1 aliphatic rings. The fraction of sp³-hybridized carbons (Fsp3) is 0.276. The smallest absolute Gasteiger partial charge is 0.307 e. The van der Waals surface area contributed by atoms with Crippen molar-refractivity contribution in [2.45, 2.75) is 51.2 Å². The molecule has 5 heteroatoms. The van der Waals surface area contributed by atoms with Crippen LogP contribution in [-0.4, -0.2) is 11.1 Å². The van der Waals surface area contributed by atoms with Crippen molar-refractivity contribution in [3.05, 3.63) is 89.2 Å². The molecule has 5 nitrogen and oxygen atoms in total.